The van der Waals surface area contributed by atoms with Crippen molar-refractivity contribution in [2.75, 3.05) is 13.1 Å². The third-order valence-corrected chi connectivity index (χ3v) is 4.65. The fraction of sp³-hybridized carbons (Fsp3) is 0.929. The zero-order chi connectivity index (χ0) is 13.0. The van der Waals surface area contributed by atoms with Crippen LogP contribution in [-0.2, 0) is 4.79 Å². The van der Waals surface area contributed by atoms with Crippen LogP contribution in [0.2, 0.25) is 0 Å². The lowest BCUT2D eigenvalue weighted by molar-refractivity contribution is -0.123. The van der Waals surface area contributed by atoms with Gasteiger partial charge in [-0.3, -0.25) is 4.79 Å². The van der Waals surface area contributed by atoms with E-state index in [1.165, 1.54) is 32.1 Å². The van der Waals surface area contributed by atoms with Crippen molar-refractivity contribution in [3.8, 4) is 0 Å². The summed E-state index contributed by atoms with van der Waals surface area (Å²) in [6.45, 7) is 1.26. The average molecular weight is 253 g/mol. The molecular weight excluding hydrogens is 226 g/mol. The minimum Gasteiger partial charge on any atom is -0.355 e. The molecule has 2 rings (SSSR count). The molecule has 2 aliphatic rings. The maximum Gasteiger partial charge on any atom is 0.220 e. The van der Waals surface area contributed by atoms with Gasteiger partial charge in [0, 0.05) is 19.0 Å². The van der Waals surface area contributed by atoms with Gasteiger partial charge in [0.25, 0.3) is 0 Å². The van der Waals surface area contributed by atoms with Gasteiger partial charge in [-0.25, -0.2) is 0 Å². The van der Waals surface area contributed by atoms with Gasteiger partial charge in [-0.2, -0.15) is 0 Å². The molecule has 2 aliphatic carbocycles. The average Bonchev–Trinajstić information content (AvgIpc) is 3.21. The zero-order valence-corrected chi connectivity index (χ0v) is 11.3. The highest BCUT2D eigenvalue weighted by Gasteiger charge is 2.33. The molecule has 1 amide bonds. The Morgan fingerprint density at radius 1 is 1.28 bits per heavy atom. The molecule has 1 atom stereocenters. The van der Waals surface area contributed by atoms with E-state index in [1.54, 1.807) is 0 Å². The van der Waals surface area contributed by atoms with E-state index in [0.29, 0.717) is 25.4 Å². The van der Waals surface area contributed by atoms with Gasteiger partial charge in [0.2, 0.25) is 5.91 Å². The number of rotatable bonds is 6. The molecule has 5 N–H and O–H groups in total. The first-order valence-corrected chi connectivity index (χ1v) is 7.38. The van der Waals surface area contributed by atoms with Crippen molar-refractivity contribution >= 4 is 5.91 Å². The number of nitrogens with one attached hydrogen (secondary N) is 1. The lowest BCUT2D eigenvalue weighted by Gasteiger charge is -2.35. The van der Waals surface area contributed by atoms with Crippen LogP contribution in [0.5, 0.6) is 0 Å². The van der Waals surface area contributed by atoms with E-state index in [9.17, 15) is 4.79 Å². The minimum absolute atomic E-state index is 0.0615. The third kappa shape index (κ3) is 3.69. The molecule has 0 heterocycles. The smallest absolute Gasteiger partial charge is 0.220 e. The molecule has 2 saturated carbocycles. The van der Waals surface area contributed by atoms with E-state index >= 15 is 0 Å². The Bertz CT molecular complexity index is 283. The second-order valence-electron chi connectivity index (χ2n) is 6.25. The Balaban J connectivity index is 1.74. The van der Waals surface area contributed by atoms with Gasteiger partial charge in [-0.1, -0.05) is 19.3 Å². The summed E-state index contributed by atoms with van der Waals surface area (Å²) in [5.41, 5.74) is 11.9. The molecule has 0 bridgehead atoms. The summed E-state index contributed by atoms with van der Waals surface area (Å²) in [6.07, 6.45) is 8.96. The van der Waals surface area contributed by atoms with Gasteiger partial charge < -0.3 is 16.8 Å². The van der Waals surface area contributed by atoms with Crippen LogP contribution in [0.4, 0.5) is 0 Å². The van der Waals surface area contributed by atoms with E-state index in [0.717, 1.165) is 12.8 Å². The molecule has 2 fully saturated rings. The van der Waals surface area contributed by atoms with Crippen LogP contribution in [-0.4, -0.2) is 25.0 Å². The van der Waals surface area contributed by atoms with Crippen molar-refractivity contribution in [3.05, 3.63) is 0 Å². The topological polar surface area (TPSA) is 81.1 Å². The van der Waals surface area contributed by atoms with Gasteiger partial charge in [-0.15, -0.1) is 0 Å². The molecular formula is C14H27N3O. The number of hydrogen-bond donors (Lipinski definition) is 3. The molecule has 0 aromatic heterocycles. The number of carbonyl (C=O) groups excluding carboxylic acids is 1. The summed E-state index contributed by atoms with van der Waals surface area (Å²) >= 11 is 0. The van der Waals surface area contributed by atoms with Crippen molar-refractivity contribution in [1.29, 1.82) is 0 Å². The zero-order valence-electron chi connectivity index (χ0n) is 11.3. The van der Waals surface area contributed by atoms with Crippen molar-refractivity contribution in [1.82, 2.24) is 5.32 Å². The quantitative estimate of drug-likeness (QED) is 0.664. The SMILES string of the molecule is NCC1(CC(=O)NCC(N)C2CC2)CCCCC1. The van der Waals surface area contributed by atoms with E-state index in [4.69, 9.17) is 11.5 Å². The largest absolute Gasteiger partial charge is 0.355 e. The maximum atomic E-state index is 12.0. The van der Waals surface area contributed by atoms with Crippen molar-refractivity contribution in [3.63, 3.8) is 0 Å². The van der Waals surface area contributed by atoms with Crippen molar-refractivity contribution < 1.29 is 4.79 Å². The summed E-state index contributed by atoms with van der Waals surface area (Å²) < 4.78 is 0. The Morgan fingerprint density at radius 2 is 1.94 bits per heavy atom. The lowest BCUT2D eigenvalue weighted by Crippen LogP contribution is -2.42. The maximum absolute atomic E-state index is 12.0. The Morgan fingerprint density at radius 3 is 2.50 bits per heavy atom. The molecule has 0 radical (unpaired) electrons. The predicted octanol–water partition coefficient (Wildman–Crippen LogP) is 1.14. The first-order valence-electron chi connectivity index (χ1n) is 7.38. The van der Waals surface area contributed by atoms with E-state index in [2.05, 4.69) is 5.32 Å². The van der Waals surface area contributed by atoms with Gasteiger partial charge in [0.1, 0.15) is 0 Å². The fourth-order valence-corrected chi connectivity index (χ4v) is 3.08. The fourth-order valence-electron chi connectivity index (χ4n) is 3.08. The molecule has 0 aromatic rings. The summed E-state index contributed by atoms with van der Waals surface area (Å²) in [7, 11) is 0. The monoisotopic (exact) mass is 253 g/mol. The van der Waals surface area contributed by atoms with Crippen LogP contribution in [0.3, 0.4) is 0 Å². The van der Waals surface area contributed by atoms with E-state index in [1.807, 2.05) is 0 Å². The standard InChI is InChI=1S/C14H27N3O/c15-10-14(6-2-1-3-7-14)8-13(18)17-9-12(16)11-4-5-11/h11-12H,1-10,15-16H2,(H,17,18). The molecule has 0 spiro atoms. The highest BCUT2D eigenvalue weighted by Crippen LogP contribution is 2.38. The molecule has 4 heteroatoms. The minimum atomic E-state index is 0.0615. The Kier molecular flexibility index (Phi) is 4.62. The van der Waals surface area contributed by atoms with Gasteiger partial charge >= 0.3 is 0 Å². The first-order chi connectivity index (χ1) is 8.65. The summed E-state index contributed by atoms with van der Waals surface area (Å²) in [4.78, 5) is 12.0. The lowest BCUT2D eigenvalue weighted by atomic mass is 9.71. The molecule has 0 saturated heterocycles. The number of carbonyl (C=O) groups is 1. The van der Waals surface area contributed by atoms with Crippen LogP contribution >= 0.6 is 0 Å². The van der Waals surface area contributed by atoms with Gasteiger partial charge in [-0.05, 0) is 43.6 Å². The number of nitrogens with two attached hydrogens (primary N) is 2. The molecule has 4 nitrogen and oxygen atoms in total. The molecule has 18 heavy (non-hydrogen) atoms. The summed E-state index contributed by atoms with van der Waals surface area (Å²) in [5, 5.41) is 2.99. The second-order valence-corrected chi connectivity index (χ2v) is 6.25. The molecule has 0 aliphatic heterocycles. The van der Waals surface area contributed by atoms with Gasteiger partial charge in [0.05, 0.1) is 0 Å². The van der Waals surface area contributed by atoms with Crippen LogP contribution < -0.4 is 16.8 Å². The third-order valence-electron chi connectivity index (χ3n) is 4.65. The van der Waals surface area contributed by atoms with Gasteiger partial charge in [0.15, 0.2) is 0 Å². The second kappa shape index (κ2) is 6.02. The van der Waals surface area contributed by atoms with Crippen LogP contribution in [0.1, 0.15) is 51.4 Å². The number of amides is 1. The van der Waals surface area contributed by atoms with Crippen molar-refractivity contribution in [2.45, 2.75) is 57.4 Å². The summed E-state index contributed by atoms with van der Waals surface area (Å²) in [5.74, 6) is 0.780. The summed E-state index contributed by atoms with van der Waals surface area (Å²) in [6, 6.07) is 0.147. The number of hydrogen-bond acceptors (Lipinski definition) is 3. The molecule has 0 aromatic carbocycles. The Hall–Kier alpha value is -0.610. The normalized spacial score (nSPS) is 24.6. The van der Waals surface area contributed by atoms with Crippen molar-refractivity contribution in [2.24, 2.45) is 22.8 Å². The van der Waals surface area contributed by atoms with E-state index in [-0.39, 0.29) is 17.4 Å². The van der Waals surface area contributed by atoms with Crippen LogP contribution in [0.15, 0.2) is 0 Å². The molecule has 104 valence electrons. The highest BCUT2D eigenvalue weighted by atomic mass is 16.1. The Labute approximate surface area is 110 Å². The predicted molar refractivity (Wildman–Crippen MR) is 72.9 cm³/mol. The van der Waals surface area contributed by atoms with E-state index < -0.39 is 0 Å². The van der Waals surface area contributed by atoms with Crippen LogP contribution in [0, 0.1) is 11.3 Å². The first kappa shape index (κ1) is 13.8. The highest BCUT2D eigenvalue weighted by molar-refractivity contribution is 5.76. The molecule has 1 unspecified atom stereocenters. The van der Waals surface area contributed by atoms with Crippen LogP contribution in [0.25, 0.3) is 0 Å².